The van der Waals surface area contributed by atoms with Crippen LogP contribution in [-0.4, -0.2) is 17.5 Å². The van der Waals surface area contributed by atoms with Crippen LogP contribution < -0.4 is 0 Å². The third-order valence-electron chi connectivity index (χ3n) is 0.938. The first-order valence-electron chi connectivity index (χ1n) is 4.48. The Bertz CT molecular complexity index is 262. The molecule has 0 aromatic rings. The van der Waals surface area contributed by atoms with Crippen molar-refractivity contribution in [1.82, 2.24) is 0 Å². The molecule has 5 heteroatoms. The van der Waals surface area contributed by atoms with Crippen molar-refractivity contribution in [3.63, 3.8) is 0 Å². The molecule has 1 amide bonds. The Labute approximate surface area is 89.3 Å². The summed E-state index contributed by atoms with van der Waals surface area (Å²) in [4.78, 5) is 29.2. The highest BCUT2D eigenvalue weighted by atomic mass is 16.1. The van der Waals surface area contributed by atoms with E-state index in [1.807, 2.05) is 6.92 Å². The summed E-state index contributed by atoms with van der Waals surface area (Å²) in [5, 5.41) is 6.37. The van der Waals surface area contributed by atoms with Crippen LogP contribution in [0.2, 0.25) is 0 Å². The van der Waals surface area contributed by atoms with Crippen molar-refractivity contribution < 1.29 is 14.4 Å². The highest BCUT2D eigenvalue weighted by Gasteiger charge is 1.92. The number of carbonyl (C=O) groups is 3. The molecule has 0 radical (unpaired) electrons. The van der Waals surface area contributed by atoms with Gasteiger partial charge in [0.1, 0.15) is 11.6 Å². The molecule has 1 rings (SSSR count). The van der Waals surface area contributed by atoms with Gasteiger partial charge in [-0.1, -0.05) is 6.92 Å². The van der Waals surface area contributed by atoms with Gasteiger partial charge >= 0.3 is 0 Å². The van der Waals surface area contributed by atoms with E-state index in [9.17, 15) is 14.4 Å². The molecule has 0 atom stereocenters. The fourth-order valence-corrected chi connectivity index (χ4v) is 0.221. The molecule has 5 nitrogen and oxygen atoms in total. The Kier molecular flexibility index (Phi) is 11.0. The maximum atomic E-state index is 9.90. The van der Waals surface area contributed by atoms with Crippen LogP contribution in [0.25, 0.3) is 0 Å². The smallest absolute Gasteiger partial charge is 0.289 e. The van der Waals surface area contributed by atoms with Gasteiger partial charge < -0.3 is 9.59 Å². The first-order valence-corrected chi connectivity index (χ1v) is 4.48. The molecule has 0 aliphatic carbocycles. The van der Waals surface area contributed by atoms with Crippen molar-refractivity contribution in [2.45, 2.75) is 34.1 Å². The Morgan fingerprint density at radius 2 is 1.67 bits per heavy atom. The Morgan fingerprint density at radius 3 is 1.73 bits per heavy atom. The van der Waals surface area contributed by atoms with Gasteiger partial charge in [-0.3, -0.25) is 4.79 Å². The molecule has 0 fully saturated rings. The second-order valence-corrected chi connectivity index (χ2v) is 2.83. The minimum absolute atomic E-state index is 0.167. The quantitative estimate of drug-likeness (QED) is 0.667. The third kappa shape index (κ3) is 24.5. The summed E-state index contributed by atoms with van der Waals surface area (Å²) >= 11 is 0. The molecule has 1 heterocycles. The van der Waals surface area contributed by atoms with Gasteiger partial charge in [0.25, 0.3) is 5.91 Å². The first kappa shape index (κ1) is 15.8. The average Bonchev–Trinajstić information content (AvgIpc) is 2.56. The summed E-state index contributed by atoms with van der Waals surface area (Å²) in [6.45, 7) is 6.49. The summed E-state index contributed by atoms with van der Waals surface area (Å²) in [5.41, 5.74) is 0. The molecule has 1 aliphatic heterocycles. The molecule has 0 saturated carbocycles. The SMILES string of the molecule is CC(C)=O.CCC(C)=O.O=C1C=CN=N1. The van der Waals surface area contributed by atoms with Crippen LogP contribution in [0.3, 0.4) is 0 Å². The number of amides is 1. The van der Waals surface area contributed by atoms with E-state index in [2.05, 4.69) is 10.2 Å². The fraction of sp³-hybridized carbons (Fsp3) is 0.500. The molecule has 0 aromatic carbocycles. The number of rotatable bonds is 1. The number of carbonyl (C=O) groups excluding carboxylic acids is 3. The molecule has 0 spiro atoms. The van der Waals surface area contributed by atoms with E-state index in [4.69, 9.17) is 0 Å². The molecule has 0 saturated heterocycles. The molecular weight excluding hydrogens is 196 g/mol. The van der Waals surface area contributed by atoms with Crippen molar-refractivity contribution in [3.8, 4) is 0 Å². The molecule has 84 valence electrons. The van der Waals surface area contributed by atoms with Crippen molar-refractivity contribution in [3.05, 3.63) is 12.3 Å². The average molecular weight is 212 g/mol. The van der Waals surface area contributed by atoms with Crippen LogP contribution in [0.15, 0.2) is 22.5 Å². The van der Waals surface area contributed by atoms with Gasteiger partial charge in [0.2, 0.25) is 0 Å². The van der Waals surface area contributed by atoms with Gasteiger partial charge in [0.05, 0.1) is 6.20 Å². The topological polar surface area (TPSA) is 75.9 Å². The van der Waals surface area contributed by atoms with E-state index in [1.54, 1.807) is 6.92 Å². The van der Waals surface area contributed by atoms with Crippen LogP contribution in [0.1, 0.15) is 34.1 Å². The number of hydrogen-bond acceptors (Lipinski definition) is 4. The largest absolute Gasteiger partial charge is 0.300 e. The molecule has 1 aliphatic rings. The summed E-state index contributed by atoms with van der Waals surface area (Å²) in [5.74, 6) is 0.153. The van der Waals surface area contributed by atoms with Gasteiger partial charge in [0, 0.05) is 12.5 Å². The molecule has 0 bridgehead atoms. The van der Waals surface area contributed by atoms with E-state index in [0.717, 1.165) is 0 Å². The van der Waals surface area contributed by atoms with E-state index >= 15 is 0 Å². The second kappa shape index (κ2) is 10.4. The minimum Gasteiger partial charge on any atom is -0.300 e. The van der Waals surface area contributed by atoms with Crippen LogP contribution in [0.5, 0.6) is 0 Å². The van der Waals surface area contributed by atoms with E-state index < -0.39 is 0 Å². The van der Waals surface area contributed by atoms with Gasteiger partial charge in [-0.05, 0) is 20.8 Å². The van der Waals surface area contributed by atoms with Crippen LogP contribution in [-0.2, 0) is 14.4 Å². The monoisotopic (exact) mass is 212 g/mol. The molecular formula is C10H16N2O3. The first-order chi connectivity index (χ1) is 6.90. The lowest BCUT2D eigenvalue weighted by atomic mass is 10.4. The summed E-state index contributed by atoms with van der Waals surface area (Å²) in [6.07, 6.45) is 3.34. The zero-order chi connectivity index (χ0) is 12.3. The van der Waals surface area contributed by atoms with Crippen LogP contribution >= 0.6 is 0 Å². The zero-order valence-corrected chi connectivity index (χ0v) is 9.48. The molecule has 0 aromatic heterocycles. The highest BCUT2D eigenvalue weighted by Crippen LogP contribution is 1.90. The maximum Gasteiger partial charge on any atom is 0.289 e. The molecule has 15 heavy (non-hydrogen) atoms. The normalized spacial score (nSPS) is 11.1. The van der Waals surface area contributed by atoms with E-state index in [0.29, 0.717) is 6.42 Å². The van der Waals surface area contributed by atoms with Crippen LogP contribution in [0.4, 0.5) is 0 Å². The van der Waals surface area contributed by atoms with E-state index in [1.165, 1.54) is 26.1 Å². The predicted octanol–water partition coefficient (Wildman–Crippen LogP) is 2.07. The fourth-order valence-electron chi connectivity index (χ4n) is 0.221. The van der Waals surface area contributed by atoms with Gasteiger partial charge in [-0.2, -0.15) is 5.11 Å². The number of Topliss-reactive ketones (excluding diaryl/α,β-unsaturated/α-hetero) is 2. The van der Waals surface area contributed by atoms with Crippen molar-refractivity contribution in [2.24, 2.45) is 10.2 Å². The summed E-state index contributed by atoms with van der Waals surface area (Å²) in [7, 11) is 0. The Morgan fingerprint density at radius 1 is 1.27 bits per heavy atom. The minimum atomic E-state index is -0.269. The third-order valence-corrected chi connectivity index (χ3v) is 0.938. The number of ketones is 2. The van der Waals surface area contributed by atoms with Gasteiger partial charge in [-0.15, -0.1) is 5.11 Å². The number of hydrogen-bond donors (Lipinski definition) is 0. The molecule has 0 N–H and O–H groups in total. The summed E-state index contributed by atoms with van der Waals surface area (Å²) < 4.78 is 0. The second-order valence-electron chi connectivity index (χ2n) is 2.83. The zero-order valence-electron chi connectivity index (χ0n) is 9.48. The number of azo groups is 1. The Balaban J connectivity index is 0. The summed E-state index contributed by atoms with van der Waals surface area (Å²) in [6, 6.07) is 0. The lowest BCUT2D eigenvalue weighted by molar-refractivity contribution is -0.117. The van der Waals surface area contributed by atoms with Crippen molar-refractivity contribution in [1.29, 1.82) is 0 Å². The van der Waals surface area contributed by atoms with Gasteiger partial charge in [0.15, 0.2) is 0 Å². The predicted molar refractivity (Wildman–Crippen MR) is 56.3 cm³/mol. The van der Waals surface area contributed by atoms with Crippen molar-refractivity contribution in [2.75, 3.05) is 0 Å². The van der Waals surface area contributed by atoms with Crippen molar-refractivity contribution >= 4 is 17.5 Å². The molecule has 0 unspecified atom stereocenters. The lowest BCUT2D eigenvalue weighted by Gasteiger charge is -1.71. The highest BCUT2D eigenvalue weighted by molar-refractivity contribution is 5.89. The van der Waals surface area contributed by atoms with E-state index in [-0.39, 0.29) is 17.5 Å². The lowest BCUT2D eigenvalue weighted by Crippen LogP contribution is -1.80. The standard InChI is InChI=1S/C4H8O.C3H2N2O.C3H6O/c1-3-4(2)5;6-3-1-2-4-5-3;1-3(2)4/h3H2,1-2H3;1-2H;1-2H3. The Hall–Kier alpha value is -1.65. The number of nitrogens with zero attached hydrogens (tertiary/aromatic N) is 2. The van der Waals surface area contributed by atoms with Gasteiger partial charge in [-0.25, -0.2) is 0 Å². The van der Waals surface area contributed by atoms with Crippen LogP contribution in [0, 0.1) is 0 Å². The maximum absolute atomic E-state index is 9.90.